The second kappa shape index (κ2) is 3.57. The van der Waals surface area contributed by atoms with Gasteiger partial charge in [0.1, 0.15) is 4.83 Å². The molecule has 2 aromatic heterocycles. The first-order valence-electron chi connectivity index (χ1n) is 5.23. The van der Waals surface area contributed by atoms with Gasteiger partial charge in [0.2, 0.25) is 0 Å². The number of aromatic nitrogens is 2. The first-order chi connectivity index (χ1) is 7.68. The van der Waals surface area contributed by atoms with Crippen molar-refractivity contribution in [3.8, 4) is 0 Å². The van der Waals surface area contributed by atoms with Gasteiger partial charge in [-0.25, -0.2) is 4.98 Å². The molecular weight excluding hydrogens is 284 g/mol. The van der Waals surface area contributed by atoms with Crippen molar-refractivity contribution in [1.82, 2.24) is 9.55 Å². The molecule has 16 heavy (non-hydrogen) atoms. The highest BCUT2D eigenvalue weighted by molar-refractivity contribution is 9.10. The van der Waals surface area contributed by atoms with E-state index in [-0.39, 0.29) is 0 Å². The van der Waals surface area contributed by atoms with Crippen molar-refractivity contribution in [3.05, 3.63) is 29.0 Å². The number of rotatable bonds is 1. The molecule has 0 atom stereocenters. The van der Waals surface area contributed by atoms with Crippen LogP contribution in [0.2, 0.25) is 0 Å². The Morgan fingerprint density at radius 1 is 1.31 bits per heavy atom. The molecule has 0 aliphatic carbocycles. The Labute approximate surface area is 106 Å². The largest absolute Gasteiger partial charge is 0.315 e. The molecule has 82 valence electrons. The van der Waals surface area contributed by atoms with Crippen LogP contribution in [0.1, 0.15) is 19.9 Å². The van der Waals surface area contributed by atoms with Gasteiger partial charge < -0.3 is 4.57 Å². The summed E-state index contributed by atoms with van der Waals surface area (Å²) in [4.78, 5) is 5.68. The molecule has 0 unspecified atom stereocenters. The predicted molar refractivity (Wildman–Crippen MR) is 73.2 cm³/mol. The fourth-order valence-corrected chi connectivity index (χ4v) is 3.98. The van der Waals surface area contributed by atoms with Gasteiger partial charge in [0.05, 0.1) is 5.52 Å². The van der Waals surface area contributed by atoms with E-state index in [1.165, 1.54) is 15.6 Å². The van der Waals surface area contributed by atoms with Crippen LogP contribution in [-0.4, -0.2) is 9.55 Å². The van der Waals surface area contributed by atoms with Gasteiger partial charge in [-0.1, -0.05) is 18.2 Å². The molecule has 3 rings (SSSR count). The maximum atomic E-state index is 4.57. The summed E-state index contributed by atoms with van der Waals surface area (Å²) >= 11 is 5.29. The van der Waals surface area contributed by atoms with Gasteiger partial charge in [-0.3, -0.25) is 0 Å². The smallest absolute Gasteiger partial charge is 0.179 e. The average molecular weight is 295 g/mol. The highest BCUT2D eigenvalue weighted by Gasteiger charge is 2.16. The number of imidazole rings is 1. The number of thiophene rings is 1. The van der Waals surface area contributed by atoms with Crippen molar-refractivity contribution in [2.24, 2.45) is 0 Å². The quantitative estimate of drug-likeness (QED) is 0.642. The van der Waals surface area contributed by atoms with Crippen LogP contribution in [0.25, 0.3) is 20.4 Å². The first-order valence-corrected chi connectivity index (χ1v) is 6.84. The van der Waals surface area contributed by atoms with Gasteiger partial charge in [-0.05, 0) is 35.8 Å². The number of benzene rings is 1. The summed E-state index contributed by atoms with van der Waals surface area (Å²) in [6.45, 7) is 4.36. The van der Waals surface area contributed by atoms with Crippen LogP contribution < -0.4 is 0 Å². The number of hydrogen-bond acceptors (Lipinski definition) is 2. The monoisotopic (exact) mass is 294 g/mol. The zero-order chi connectivity index (χ0) is 11.3. The Morgan fingerprint density at radius 3 is 2.81 bits per heavy atom. The van der Waals surface area contributed by atoms with Crippen molar-refractivity contribution < 1.29 is 0 Å². The molecular formula is C12H11BrN2S. The molecule has 0 N–H and O–H groups in total. The highest BCUT2D eigenvalue weighted by Crippen LogP contribution is 2.36. The normalized spacial score (nSPS) is 12.0. The van der Waals surface area contributed by atoms with E-state index >= 15 is 0 Å². The summed E-state index contributed by atoms with van der Waals surface area (Å²) in [5.74, 6) is 0. The van der Waals surface area contributed by atoms with Gasteiger partial charge in [-0.2, -0.15) is 0 Å². The number of fused-ring (bicyclic) bond motifs is 3. The second-order valence-corrected chi connectivity index (χ2v) is 5.84. The molecule has 2 heterocycles. The zero-order valence-corrected chi connectivity index (χ0v) is 11.5. The van der Waals surface area contributed by atoms with Crippen LogP contribution >= 0.6 is 27.3 Å². The van der Waals surface area contributed by atoms with Crippen LogP contribution in [0.5, 0.6) is 0 Å². The molecule has 3 aromatic rings. The lowest BCUT2D eigenvalue weighted by molar-refractivity contribution is 0.606. The predicted octanol–water partition coefficient (Wildman–Crippen LogP) is 4.59. The lowest BCUT2D eigenvalue weighted by atomic mass is 10.2. The molecule has 0 radical (unpaired) electrons. The summed E-state index contributed by atoms with van der Waals surface area (Å²) in [7, 11) is 0. The second-order valence-electron chi connectivity index (χ2n) is 4.10. The van der Waals surface area contributed by atoms with Crippen molar-refractivity contribution in [3.63, 3.8) is 0 Å². The number of halogens is 1. The maximum Gasteiger partial charge on any atom is 0.179 e. The Balaban J connectivity index is 2.52. The van der Waals surface area contributed by atoms with Gasteiger partial charge in [0.15, 0.2) is 4.73 Å². The van der Waals surface area contributed by atoms with E-state index in [0.717, 1.165) is 9.56 Å². The van der Waals surface area contributed by atoms with Crippen LogP contribution in [-0.2, 0) is 0 Å². The third kappa shape index (κ3) is 1.33. The van der Waals surface area contributed by atoms with Crippen molar-refractivity contribution in [2.45, 2.75) is 19.9 Å². The fraction of sp³-hybridized carbons (Fsp3) is 0.250. The fourth-order valence-electron chi connectivity index (χ4n) is 2.03. The van der Waals surface area contributed by atoms with E-state index < -0.39 is 0 Å². The van der Waals surface area contributed by atoms with Gasteiger partial charge in [0, 0.05) is 16.1 Å². The van der Waals surface area contributed by atoms with Crippen LogP contribution in [0.4, 0.5) is 0 Å². The summed E-state index contributed by atoms with van der Waals surface area (Å²) in [5, 5.41) is 1.30. The van der Waals surface area contributed by atoms with Gasteiger partial charge in [0.25, 0.3) is 0 Å². The van der Waals surface area contributed by atoms with E-state index in [2.05, 4.69) is 63.6 Å². The Hall–Kier alpha value is -0.870. The Kier molecular flexibility index (Phi) is 2.30. The van der Waals surface area contributed by atoms with Gasteiger partial charge >= 0.3 is 0 Å². The topological polar surface area (TPSA) is 17.8 Å². The van der Waals surface area contributed by atoms with Gasteiger partial charge in [-0.15, -0.1) is 11.3 Å². The van der Waals surface area contributed by atoms with Crippen molar-refractivity contribution in [1.29, 1.82) is 0 Å². The molecule has 0 bridgehead atoms. The summed E-state index contributed by atoms with van der Waals surface area (Å²) in [6.07, 6.45) is 0. The Morgan fingerprint density at radius 2 is 2.06 bits per heavy atom. The third-order valence-corrected chi connectivity index (χ3v) is 4.31. The molecule has 0 saturated carbocycles. The minimum atomic E-state index is 0.414. The summed E-state index contributed by atoms with van der Waals surface area (Å²) in [6, 6.07) is 8.89. The SMILES string of the molecule is CC(C)n1c(Br)nc2sc3ccccc3c21. The first kappa shape index (κ1) is 10.3. The molecule has 0 aliphatic rings. The summed E-state index contributed by atoms with van der Waals surface area (Å²) < 4.78 is 4.48. The molecule has 0 fully saturated rings. The maximum absolute atomic E-state index is 4.57. The summed E-state index contributed by atoms with van der Waals surface area (Å²) in [5.41, 5.74) is 1.25. The number of nitrogens with zero attached hydrogens (tertiary/aromatic N) is 2. The average Bonchev–Trinajstić information content (AvgIpc) is 2.71. The molecule has 2 nitrogen and oxygen atoms in total. The lowest BCUT2D eigenvalue weighted by Crippen LogP contribution is -2.00. The molecule has 0 amide bonds. The molecule has 4 heteroatoms. The van der Waals surface area contributed by atoms with E-state index in [1.807, 2.05) is 0 Å². The standard InChI is InChI=1S/C12H11BrN2S/c1-7(2)15-10-8-5-3-4-6-9(8)16-11(10)14-12(15)13/h3-7H,1-2H3. The van der Waals surface area contributed by atoms with Crippen LogP contribution in [0.15, 0.2) is 29.0 Å². The van der Waals surface area contributed by atoms with Crippen molar-refractivity contribution >= 4 is 47.7 Å². The Bertz CT molecular complexity index is 666. The minimum absolute atomic E-state index is 0.414. The van der Waals surface area contributed by atoms with Crippen molar-refractivity contribution in [2.75, 3.05) is 0 Å². The zero-order valence-electron chi connectivity index (χ0n) is 9.07. The molecule has 0 aliphatic heterocycles. The number of hydrogen-bond donors (Lipinski definition) is 0. The third-order valence-electron chi connectivity index (χ3n) is 2.70. The van der Waals surface area contributed by atoms with E-state index in [1.54, 1.807) is 11.3 Å². The molecule has 1 aromatic carbocycles. The van der Waals surface area contributed by atoms with E-state index in [4.69, 9.17) is 0 Å². The minimum Gasteiger partial charge on any atom is -0.315 e. The van der Waals surface area contributed by atoms with E-state index in [0.29, 0.717) is 6.04 Å². The van der Waals surface area contributed by atoms with E-state index in [9.17, 15) is 0 Å². The molecule has 0 spiro atoms. The highest BCUT2D eigenvalue weighted by atomic mass is 79.9. The van der Waals surface area contributed by atoms with Crippen LogP contribution in [0, 0.1) is 0 Å². The van der Waals surface area contributed by atoms with Crippen LogP contribution in [0.3, 0.4) is 0 Å². The lowest BCUT2D eigenvalue weighted by Gasteiger charge is -2.09. The molecule has 0 saturated heterocycles.